The van der Waals surface area contributed by atoms with Gasteiger partial charge in [0.05, 0.1) is 13.5 Å². The van der Waals surface area contributed by atoms with Gasteiger partial charge in [0, 0.05) is 18.6 Å². The van der Waals surface area contributed by atoms with Crippen LogP contribution in [0, 0.1) is 5.41 Å². The zero-order chi connectivity index (χ0) is 16.0. The fraction of sp³-hybridized carbons (Fsp3) is 0.611. The summed E-state index contributed by atoms with van der Waals surface area (Å²) in [4.78, 5) is 14.0. The first-order chi connectivity index (χ1) is 9.74. The lowest BCUT2D eigenvalue weighted by atomic mass is 9.93. The first-order valence-corrected chi connectivity index (χ1v) is 7.62. The summed E-state index contributed by atoms with van der Waals surface area (Å²) in [5.74, 6) is -0.151. The Kier molecular flexibility index (Phi) is 6.41. The Morgan fingerprint density at radius 3 is 2.24 bits per heavy atom. The number of hydrogen-bond acceptors (Lipinski definition) is 3. The number of nitrogens with zero attached hydrogens (tertiary/aromatic N) is 1. The summed E-state index contributed by atoms with van der Waals surface area (Å²) >= 11 is 0. The zero-order valence-corrected chi connectivity index (χ0v) is 14.2. The van der Waals surface area contributed by atoms with Crippen molar-refractivity contribution < 1.29 is 9.53 Å². The smallest absolute Gasteiger partial charge is 0.307 e. The average molecular weight is 291 g/mol. The van der Waals surface area contributed by atoms with E-state index in [1.807, 2.05) is 6.07 Å². The predicted octanol–water partition coefficient (Wildman–Crippen LogP) is 4.05. The van der Waals surface area contributed by atoms with Crippen molar-refractivity contribution in [1.82, 2.24) is 4.90 Å². The van der Waals surface area contributed by atoms with E-state index in [2.05, 4.69) is 63.8 Å². The highest BCUT2D eigenvalue weighted by atomic mass is 16.5. The number of methoxy groups -OCH3 is 1. The molecular formula is C18H29NO2. The fourth-order valence-corrected chi connectivity index (χ4v) is 2.59. The van der Waals surface area contributed by atoms with E-state index in [4.69, 9.17) is 4.74 Å². The van der Waals surface area contributed by atoms with E-state index in [1.54, 1.807) is 0 Å². The molecule has 21 heavy (non-hydrogen) atoms. The lowest BCUT2D eigenvalue weighted by molar-refractivity contribution is -0.142. The molecule has 0 heterocycles. The van der Waals surface area contributed by atoms with Crippen LogP contribution < -0.4 is 0 Å². The molecule has 1 aromatic rings. The van der Waals surface area contributed by atoms with Gasteiger partial charge in [-0.2, -0.15) is 0 Å². The fourth-order valence-electron chi connectivity index (χ4n) is 2.59. The van der Waals surface area contributed by atoms with Crippen molar-refractivity contribution in [2.24, 2.45) is 5.41 Å². The van der Waals surface area contributed by atoms with Crippen LogP contribution in [0.3, 0.4) is 0 Å². The molecule has 0 aliphatic carbocycles. The second kappa shape index (κ2) is 7.60. The molecule has 0 unspecified atom stereocenters. The molecule has 0 saturated carbocycles. The predicted molar refractivity (Wildman–Crippen MR) is 87.1 cm³/mol. The van der Waals surface area contributed by atoms with E-state index in [0.717, 1.165) is 6.54 Å². The lowest BCUT2D eigenvalue weighted by Gasteiger charge is -2.39. The highest BCUT2D eigenvalue weighted by molar-refractivity contribution is 5.69. The topological polar surface area (TPSA) is 29.5 Å². The molecule has 3 heteroatoms. The summed E-state index contributed by atoms with van der Waals surface area (Å²) in [6, 6.07) is 10.9. The SMILES string of the molecule is COC(=O)C[C@@H](C)N(CC(C)(C)C)[C@@H](C)c1ccccc1. The number of carbonyl (C=O) groups is 1. The standard InChI is InChI=1S/C18H29NO2/c1-14(12-17(20)21-6)19(13-18(3,4)5)15(2)16-10-8-7-9-11-16/h7-11,14-15H,12-13H2,1-6H3/t14-,15+/m1/s1. The second-order valence-corrected chi connectivity index (χ2v) is 6.95. The highest BCUT2D eigenvalue weighted by Gasteiger charge is 2.27. The number of esters is 1. The van der Waals surface area contributed by atoms with Crippen LogP contribution in [0.1, 0.15) is 52.6 Å². The Bertz CT molecular complexity index is 436. The Hall–Kier alpha value is -1.35. The lowest BCUT2D eigenvalue weighted by Crippen LogP contribution is -2.42. The minimum atomic E-state index is -0.151. The minimum absolute atomic E-state index is 0.145. The third-order valence-corrected chi connectivity index (χ3v) is 3.69. The molecule has 0 amide bonds. The van der Waals surface area contributed by atoms with Crippen LogP contribution in [0.2, 0.25) is 0 Å². The van der Waals surface area contributed by atoms with Crippen LogP contribution in [0.5, 0.6) is 0 Å². The van der Waals surface area contributed by atoms with Crippen molar-refractivity contribution in [1.29, 1.82) is 0 Å². The maximum Gasteiger partial charge on any atom is 0.307 e. The van der Waals surface area contributed by atoms with Crippen LogP contribution in [0.4, 0.5) is 0 Å². The Balaban J connectivity index is 2.93. The molecule has 1 rings (SSSR count). The molecule has 0 N–H and O–H groups in total. The molecule has 0 aromatic heterocycles. The van der Waals surface area contributed by atoms with Crippen molar-refractivity contribution in [3.8, 4) is 0 Å². The van der Waals surface area contributed by atoms with Gasteiger partial charge in [-0.3, -0.25) is 9.69 Å². The molecule has 0 spiro atoms. The second-order valence-electron chi connectivity index (χ2n) is 6.95. The maximum absolute atomic E-state index is 11.6. The van der Waals surface area contributed by atoms with E-state index < -0.39 is 0 Å². The molecule has 0 radical (unpaired) electrons. The van der Waals surface area contributed by atoms with Crippen LogP contribution in [0.15, 0.2) is 30.3 Å². The van der Waals surface area contributed by atoms with E-state index >= 15 is 0 Å². The number of carbonyl (C=O) groups excluding carboxylic acids is 1. The third-order valence-electron chi connectivity index (χ3n) is 3.69. The van der Waals surface area contributed by atoms with Crippen LogP contribution in [0.25, 0.3) is 0 Å². The quantitative estimate of drug-likeness (QED) is 0.741. The van der Waals surface area contributed by atoms with Gasteiger partial charge in [0.2, 0.25) is 0 Å². The van der Waals surface area contributed by atoms with E-state index in [1.165, 1.54) is 12.7 Å². The van der Waals surface area contributed by atoms with Crippen LogP contribution in [-0.2, 0) is 9.53 Å². The van der Waals surface area contributed by atoms with Gasteiger partial charge in [0.25, 0.3) is 0 Å². The minimum Gasteiger partial charge on any atom is -0.469 e. The van der Waals surface area contributed by atoms with Gasteiger partial charge < -0.3 is 4.74 Å². The molecule has 0 fully saturated rings. The highest BCUT2D eigenvalue weighted by Crippen LogP contribution is 2.28. The molecule has 0 aliphatic heterocycles. The van der Waals surface area contributed by atoms with E-state index in [9.17, 15) is 4.79 Å². The molecule has 118 valence electrons. The summed E-state index contributed by atoms with van der Waals surface area (Å²) in [6.07, 6.45) is 0.420. The van der Waals surface area contributed by atoms with Crippen LogP contribution >= 0.6 is 0 Å². The van der Waals surface area contributed by atoms with E-state index in [-0.39, 0.29) is 23.5 Å². The molecule has 0 saturated heterocycles. The monoisotopic (exact) mass is 291 g/mol. The van der Waals surface area contributed by atoms with Gasteiger partial charge in [-0.15, -0.1) is 0 Å². The summed E-state index contributed by atoms with van der Waals surface area (Å²) in [5.41, 5.74) is 1.45. The van der Waals surface area contributed by atoms with E-state index in [0.29, 0.717) is 6.42 Å². The van der Waals surface area contributed by atoms with Gasteiger partial charge in [0.15, 0.2) is 0 Å². The van der Waals surface area contributed by atoms with Crippen LogP contribution in [-0.4, -0.2) is 30.6 Å². The van der Waals surface area contributed by atoms with Crippen molar-refractivity contribution in [2.75, 3.05) is 13.7 Å². The number of ether oxygens (including phenoxy) is 1. The third kappa shape index (κ3) is 5.88. The first kappa shape index (κ1) is 17.7. The molecule has 0 bridgehead atoms. The van der Waals surface area contributed by atoms with Crippen molar-refractivity contribution in [3.63, 3.8) is 0 Å². The largest absolute Gasteiger partial charge is 0.469 e. The van der Waals surface area contributed by atoms with Gasteiger partial charge in [-0.1, -0.05) is 51.1 Å². The van der Waals surface area contributed by atoms with Gasteiger partial charge in [-0.25, -0.2) is 0 Å². The first-order valence-electron chi connectivity index (χ1n) is 7.62. The summed E-state index contributed by atoms with van der Waals surface area (Å²) in [6.45, 7) is 11.9. The zero-order valence-electron chi connectivity index (χ0n) is 14.2. The van der Waals surface area contributed by atoms with Gasteiger partial charge >= 0.3 is 5.97 Å². The molecule has 0 aliphatic rings. The molecule has 1 aromatic carbocycles. The molecular weight excluding hydrogens is 262 g/mol. The summed E-state index contributed by atoms with van der Waals surface area (Å²) < 4.78 is 4.82. The number of benzene rings is 1. The molecule has 2 atom stereocenters. The Morgan fingerprint density at radius 1 is 1.19 bits per heavy atom. The van der Waals surface area contributed by atoms with Gasteiger partial charge in [0.1, 0.15) is 0 Å². The number of rotatable bonds is 6. The summed E-state index contributed by atoms with van der Waals surface area (Å²) in [7, 11) is 1.45. The van der Waals surface area contributed by atoms with Gasteiger partial charge in [-0.05, 0) is 24.8 Å². The Morgan fingerprint density at radius 2 is 1.76 bits per heavy atom. The molecule has 3 nitrogen and oxygen atoms in total. The maximum atomic E-state index is 11.6. The van der Waals surface area contributed by atoms with Crippen molar-refractivity contribution in [2.45, 2.75) is 53.1 Å². The normalized spacial score (nSPS) is 14.8. The Labute approximate surface area is 129 Å². The summed E-state index contributed by atoms with van der Waals surface area (Å²) in [5, 5.41) is 0. The van der Waals surface area contributed by atoms with Crippen molar-refractivity contribution in [3.05, 3.63) is 35.9 Å². The average Bonchev–Trinajstić information content (AvgIpc) is 2.43. The van der Waals surface area contributed by atoms with Crippen molar-refractivity contribution >= 4 is 5.97 Å². The number of hydrogen-bond donors (Lipinski definition) is 0.